The molecule has 1 amide bonds. The van der Waals surface area contributed by atoms with Gasteiger partial charge in [0.2, 0.25) is 0 Å². The van der Waals surface area contributed by atoms with Crippen LogP contribution < -0.4 is 0 Å². The van der Waals surface area contributed by atoms with Gasteiger partial charge in [0.05, 0.1) is 5.56 Å². The average Bonchev–Trinajstić information content (AvgIpc) is 2.51. The van der Waals surface area contributed by atoms with Crippen molar-refractivity contribution in [2.75, 3.05) is 13.6 Å². The van der Waals surface area contributed by atoms with Gasteiger partial charge in [0.1, 0.15) is 6.54 Å². The van der Waals surface area contributed by atoms with Crippen LogP contribution in [-0.4, -0.2) is 40.0 Å². The van der Waals surface area contributed by atoms with Crippen molar-refractivity contribution in [1.29, 1.82) is 0 Å². The molecular weight excluding hydrogens is 220 g/mol. The highest BCUT2D eigenvalue weighted by Gasteiger charge is 2.19. The van der Waals surface area contributed by atoms with Gasteiger partial charge in [0.25, 0.3) is 5.91 Å². The molecule has 0 saturated heterocycles. The largest absolute Gasteiger partial charge is 0.480 e. The lowest BCUT2D eigenvalue weighted by Gasteiger charge is -2.14. The van der Waals surface area contributed by atoms with Crippen molar-refractivity contribution >= 4 is 11.9 Å². The molecule has 0 fully saturated rings. The zero-order valence-electron chi connectivity index (χ0n) is 10.6. The van der Waals surface area contributed by atoms with E-state index in [4.69, 9.17) is 5.11 Å². The van der Waals surface area contributed by atoms with Crippen LogP contribution in [0.4, 0.5) is 0 Å². The van der Waals surface area contributed by atoms with E-state index in [2.05, 4.69) is 0 Å². The second kappa shape index (κ2) is 5.03. The number of nitrogens with zero attached hydrogens (tertiary/aromatic N) is 2. The van der Waals surface area contributed by atoms with Crippen molar-refractivity contribution in [2.45, 2.75) is 27.3 Å². The molecule has 0 aliphatic heterocycles. The quantitative estimate of drug-likeness (QED) is 0.859. The standard InChI is InChI=1S/C12H18N2O3/c1-5-14-8(2)6-10(9(14)3)12(17)13(4)7-11(15)16/h6H,5,7H2,1-4H3,(H,15,16). The molecule has 17 heavy (non-hydrogen) atoms. The second-order valence-corrected chi connectivity index (χ2v) is 4.08. The van der Waals surface area contributed by atoms with E-state index in [-0.39, 0.29) is 12.5 Å². The van der Waals surface area contributed by atoms with Crippen molar-refractivity contribution in [3.05, 3.63) is 23.0 Å². The Hall–Kier alpha value is -1.78. The number of carboxylic acids is 1. The molecular formula is C12H18N2O3. The summed E-state index contributed by atoms with van der Waals surface area (Å²) >= 11 is 0. The molecule has 1 heterocycles. The van der Waals surface area contributed by atoms with Crippen molar-refractivity contribution < 1.29 is 14.7 Å². The van der Waals surface area contributed by atoms with Gasteiger partial charge in [-0.15, -0.1) is 0 Å². The molecule has 0 radical (unpaired) electrons. The van der Waals surface area contributed by atoms with E-state index in [1.807, 2.05) is 25.3 Å². The molecule has 94 valence electrons. The first-order valence-electron chi connectivity index (χ1n) is 5.52. The van der Waals surface area contributed by atoms with E-state index < -0.39 is 5.97 Å². The van der Waals surface area contributed by atoms with Crippen LogP contribution in [0.15, 0.2) is 6.07 Å². The lowest BCUT2D eigenvalue weighted by atomic mass is 10.2. The highest BCUT2D eigenvalue weighted by molar-refractivity contribution is 5.97. The topological polar surface area (TPSA) is 62.5 Å². The zero-order valence-corrected chi connectivity index (χ0v) is 10.6. The third kappa shape index (κ3) is 2.67. The summed E-state index contributed by atoms with van der Waals surface area (Å²) in [5.41, 5.74) is 2.47. The number of hydrogen-bond donors (Lipinski definition) is 1. The first-order chi connectivity index (χ1) is 7.88. The molecule has 1 aromatic heterocycles. The predicted molar refractivity (Wildman–Crippen MR) is 64.2 cm³/mol. The van der Waals surface area contributed by atoms with Crippen LogP contribution in [0, 0.1) is 13.8 Å². The Kier molecular flexibility index (Phi) is 3.93. The first-order valence-corrected chi connectivity index (χ1v) is 5.52. The van der Waals surface area contributed by atoms with E-state index in [1.165, 1.54) is 11.9 Å². The van der Waals surface area contributed by atoms with E-state index in [9.17, 15) is 9.59 Å². The number of aliphatic carboxylic acids is 1. The number of hydrogen-bond acceptors (Lipinski definition) is 2. The van der Waals surface area contributed by atoms with Gasteiger partial charge in [-0.3, -0.25) is 9.59 Å². The minimum Gasteiger partial charge on any atom is -0.480 e. The summed E-state index contributed by atoms with van der Waals surface area (Å²) in [6, 6.07) is 1.81. The Morgan fingerprint density at radius 3 is 2.41 bits per heavy atom. The third-order valence-corrected chi connectivity index (χ3v) is 2.84. The maximum Gasteiger partial charge on any atom is 0.323 e. The van der Waals surface area contributed by atoms with E-state index >= 15 is 0 Å². The number of carboxylic acid groups (broad SMARTS) is 1. The molecule has 0 spiro atoms. The smallest absolute Gasteiger partial charge is 0.323 e. The monoisotopic (exact) mass is 238 g/mol. The third-order valence-electron chi connectivity index (χ3n) is 2.84. The summed E-state index contributed by atoms with van der Waals surface area (Å²) in [6.45, 7) is 6.33. The van der Waals surface area contributed by atoms with Gasteiger partial charge in [-0.25, -0.2) is 0 Å². The van der Waals surface area contributed by atoms with Crippen molar-refractivity contribution in [3.63, 3.8) is 0 Å². The number of rotatable bonds is 4. The molecule has 5 heteroatoms. The predicted octanol–water partition coefficient (Wildman–Crippen LogP) is 1.28. The van der Waals surface area contributed by atoms with Crippen molar-refractivity contribution in [2.24, 2.45) is 0 Å². The Morgan fingerprint density at radius 1 is 1.41 bits per heavy atom. The first kappa shape index (κ1) is 13.3. The van der Waals surface area contributed by atoms with Gasteiger partial charge in [-0.05, 0) is 26.8 Å². The molecule has 0 unspecified atom stereocenters. The molecule has 0 aliphatic carbocycles. The molecule has 5 nitrogen and oxygen atoms in total. The maximum absolute atomic E-state index is 12.0. The summed E-state index contributed by atoms with van der Waals surface area (Å²) < 4.78 is 2.03. The van der Waals surface area contributed by atoms with Crippen LogP contribution in [0.1, 0.15) is 28.7 Å². The highest BCUT2D eigenvalue weighted by Crippen LogP contribution is 2.16. The summed E-state index contributed by atoms with van der Waals surface area (Å²) in [6.07, 6.45) is 0. The molecule has 0 bridgehead atoms. The Bertz CT molecular complexity index is 449. The van der Waals surface area contributed by atoms with E-state index in [1.54, 1.807) is 6.07 Å². The number of carbonyl (C=O) groups is 2. The minimum absolute atomic E-state index is 0.250. The van der Waals surface area contributed by atoms with Gasteiger partial charge >= 0.3 is 5.97 Å². The number of amides is 1. The Morgan fingerprint density at radius 2 is 2.00 bits per heavy atom. The molecule has 0 saturated carbocycles. The summed E-state index contributed by atoms with van der Waals surface area (Å²) in [5, 5.41) is 8.66. The summed E-state index contributed by atoms with van der Waals surface area (Å²) in [7, 11) is 1.49. The van der Waals surface area contributed by atoms with Crippen LogP contribution in [0.2, 0.25) is 0 Å². The van der Waals surface area contributed by atoms with Crippen LogP contribution in [0.3, 0.4) is 0 Å². The Labute approximate surface area is 101 Å². The lowest BCUT2D eigenvalue weighted by molar-refractivity contribution is -0.137. The fourth-order valence-corrected chi connectivity index (χ4v) is 1.98. The highest BCUT2D eigenvalue weighted by atomic mass is 16.4. The van der Waals surface area contributed by atoms with E-state index in [0.29, 0.717) is 5.56 Å². The van der Waals surface area contributed by atoms with Crippen LogP contribution in [-0.2, 0) is 11.3 Å². The second-order valence-electron chi connectivity index (χ2n) is 4.08. The fourth-order valence-electron chi connectivity index (χ4n) is 1.98. The molecule has 1 aromatic rings. The minimum atomic E-state index is -1.01. The van der Waals surface area contributed by atoms with Gasteiger partial charge < -0.3 is 14.6 Å². The maximum atomic E-state index is 12.0. The number of aryl methyl sites for hydroxylation is 1. The summed E-state index contributed by atoms with van der Waals surface area (Å²) in [4.78, 5) is 23.8. The van der Waals surface area contributed by atoms with Crippen molar-refractivity contribution in [3.8, 4) is 0 Å². The van der Waals surface area contributed by atoms with Gasteiger partial charge in [0.15, 0.2) is 0 Å². The summed E-state index contributed by atoms with van der Waals surface area (Å²) in [5.74, 6) is -1.26. The van der Waals surface area contributed by atoms with Crippen LogP contribution in [0.5, 0.6) is 0 Å². The average molecular weight is 238 g/mol. The fraction of sp³-hybridized carbons (Fsp3) is 0.500. The lowest BCUT2D eigenvalue weighted by Crippen LogP contribution is -2.32. The molecule has 1 rings (SSSR count). The van der Waals surface area contributed by atoms with Crippen LogP contribution >= 0.6 is 0 Å². The van der Waals surface area contributed by atoms with E-state index in [0.717, 1.165) is 17.9 Å². The molecule has 0 atom stereocenters. The number of likely N-dealkylation sites (N-methyl/N-ethyl adjacent to an activating group) is 1. The SMILES string of the molecule is CCn1c(C)cc(C(=O)N(C)CC(=O)O)c1C. The normalized spacial score (nSPS) is 10.4. The number of carbonyl (C=O) groups excluding carboxylic acids is 1. The number of aromatic nitrogens is 1. The zero-order chi connectivity index (χ0) is 13.2. The van der Waals surface area contributed by atoms with Crippen molar-refractivity contribution in [1.82, 2.24) is 9.47 Å². The Balaban J connectivity index is 3.00. The van der Waals surface area contributed by atoms with Gasteiger partial charge in [0, 0.05) is 25.0 Å². The molecule has 1 N–H and O–H groups in total. The van der Waals surface area contributed by atoms with Gasteiger partial charge in [-0.2, -0.15) is 0 Å². The van der Waals surface area contributed by atoms with Crippen LogP contribution in [0.25, 0.3) is 0 Å². The molecule has 0 aliphatic rings. The van der Waals surface area contributed by atoms with Gasteiger partial charge in [-0.1, -0.05) is 0 Å². The molecule has 0 aromatic carbocycles.